The number of benzene rings is 2. The number of sulfone groups is 1. The van der Waals surface area contributed by atoms with Crippen molar-refractivity contribution in [2.24, 2.45) is 0 Å². The fraction of sp³-hybridized carbons (Fsp3) is 0.261. The van der Waals surface area contributed by atoms with Crippen LogP contribution in [0.5, 0.6) is 5.75 Å². The summed E-state index contributed by atoms with van der Waals surface area (Å²) >= 11 is 6.47. The number of carbonyl (C=O) groups is 1. The molecule has 0 amide bonds. The van der Waals surface area contributed by atoms with E-state index in [-0.39, 0.29) is 21.1 Å². The molecule has 6 nitrogen and oxygen atoms in total. The molecule has 2 aromatic carbocycles. The Morgan fingerprint density at radius 2 is 1.71 bits per heavy atom. The summed E-state index contributed by atoms with van der Waals surface area (Å²) in [6, 6.07) is 13.3. The first-order valence-corrected chi connectivity index (χ1v) is 11.6. The minimum Gasteiger partial charge on any atom is -0.493 e. The maximum absolute atomic E-state index is 14.0. The van der Waals surface area contributed by atoms with Crippen LogP contribution in [-0.4, -0.2) is 28.1 Å². The molecule has 0 spiro atoms. The van der Waals surface area contributed by atoms with Gasteiger partial charge in [0.2, 0.25) is 9.84 Å². The average molecular weight is 462 g/mol. The number of halogens is 1. The van der Waals surface area contributed by atoms with Gasteiger partial charge in [-0.15, -0.1) is 0 Å². The van der Waals surface area contributed by atoms with Gasteiger partial charge in [0.05, 0.1) is 30.1 Å². The SMILES string of the molecule is CCOc1ccccc1S(=O)(=O)C1=C(C)NC(C)=C(C(=O)OC)C1c1ccccc1Cl. The van der Waals surface area contributed by atoms with Crippen molar-refractivity contribution >= 4 is 27.4 Å². The molecule has 0 aliphatic carbocycles. The number of hydrogen-bond donors (Lipinski definition) is 1. The molecule has 8 heteroatoms. The van der Waals surface area contributed by atoms with Crippen molar-refractivity contribution in [3.05, 3.63) is 81.0 Å². The Kier molecular flexibility index (Phi) is 6.77. The zero-order valence-electron chi connectivity index (χ0n) is 17.7. The summed E-state index contributed by atoms with van der Waals surface area (Å²) in [5.74, 6) is -1.33. The maximum Gasteiger partial charge on any atom is 0.336 e. The summed E-state index contributed by atoms with van der Waals surface area (Å²) in [4.78, 5) is 12.8. The molecule has 0 radical (unpaired) electrons. The largest absolute Gasteiger partial charge is 0.493 e. The highest BCUT2D eigenvalue weighted by Gasteiger charge is 2.42. The molecule has 1 unspecified atom stereocenters. The van der Waals surface area contributed by atoms with Gasteiger partial charge in [-0.3, -0.25) is 0 Å². The van der Waals surface area contributed by atoms with E-state index in [1.165, 1.54) is 13.2 Å². The summed E-state index contributed by atoms with van der Waals surface area (Å²) in [6.45, 7) is 5.46. The van der Waals surface area contributed by atoms with E-state index in [0.29, 0.717) is 28.6 Å². The van der Waals surface area contributed by atoms with E-state index in [0.717, 1.165) is 0 Å². The van der Waals surface area contributed by atoms with Crippen molar-refractivity contribution < 1.29 is 22.7 Å². The Hall–Kier alpha value is -2.77. The van der Waals surface area contributed by atoms with Crippen molar-refractivity contribution in [2.75, 3.05) is 13.7 Å². The summed E-state index contributed by atoms with van der Waals surface area (Å²) in [5.41, 5.74) is 1.60. The lowest BCUT2D eigenvalue weighted by Crippen LogP contribution is -2.32. The number of ether oxygens (including phenoxy) is 2. The number of esters is 1. The third-order valence-electron chi connectivity index (χ3n) is 5.05. The minimum atomic E-state index is -4.08. The van der Waals surface area contributed by atoms with Crippen LogP contribution in [-0.2, 0) is 19.4 Å². The zero-order chi connectivity index (χ0) is 22.8. The summed E-state index contributed by atoms with van der Waals surface area (Å²) in [5, 5.41) is 3.39. The van der Waals surface area contributed by atoms with Crippen LogP contribution in [0.1, 0.15) is 32.3 Å². The molecule has 0 aromatic heterocycles. The average Bonchev–Trinajstić information content (AvgIpc) is 2.73. The van der Waals surface area contributed by atoms with E-state index in [1.54, 1.807) is 63.2 Å². The van der Waals surface area contributed by atoms with E-state index in [1.807, 2.05) is 0 Å². The summed E-state index contributed by atoms with van der Waals surface area (Å²) in [6.07, 6.45) is 0. The van der Waals surface area contributed by atoms with Gasteiger partial charge >= 0.3 is 5.97 Å². The Morgan fingerprint density at radius 3 is 2.35 bits per heavy atom. The van der Waals surface area contributed by atoms with Crippen LogP contribution >= 0.6 is 11.6 Å². The molecule has 0 fully saturated rings. The number of para-hydroxylation sites is 1. The molecule has 1 N–H and O–H groups in total. The molecule has 2 aromatic rings. The molecule has 31 heavy (non-hydrogen) atoms. The molecule has 0 saturated carbocycles. The highest BCUT2D eigenvalue weighted by atomic mass is 35.5. The number of dihydropyridines is 1. The quantitative estimate of drug-likeness (QED) is 0.634. The molecule has 0 bridgehead atoms. The van der Waals surface area contributed by atoms with Gasteiger partial charge in [0.1, 0.15) is 10.6 Å². The van der Waals surface area contributed by atoms with Crippen molar-refractivity contribution in [1.29, 1.82) is 0 Å². The minimum absolute atomic E-state index is 0.0221. The van der Waals surface area contributed by atoms with Gasteiger partial charge in [-0.05, 0) is 44.5 Å². The second-order valence-electron chi connectivity index (χ2n) is 6.98. The Labute approximate surface area is 187 Å². The predicted molar refractivity (Wildman–Crippen MR) is 120 cm³/mol. The monoisotopic (exact) mass is 461 g/mol. The van der Waals surface area contributed by atoms with Crippen LogP contribution in [0.2, 0.25) is 5.02 Å². The second kappa shape index (κ2) is 9.16. The molecule has 1 heterocycles. The van der Waals surface area contributed by atoms with Crippen LogP contribution in [0.15, 0.2) is 75.3 Å². The maximum atomic E-state index is 14.0. The van der Waals surface area contributed by atoms with Crippen molar-refractivity contribution in [1.82, 2.24) is 5.32 Å². The molecule has 164 valence electrons. The molecule has 1 atom stereocenters. The van der Waals surface area contributed by atoms with E-state index in [4.69, 9.17) is 21.1 Å². The lowest BCUT2D eigenvalue weighted by atomic mass is 9.86. The third-order valence-corrected chi connectivity index (χ3v) is 7.43. The summed E-state index contributed by atoms with van der Waals surface area (Å²) in [7, 11) is -2.82. The van der Waals surface area contributed by atoms with Gasteiger partial charge in [-0.2, -0.15) is 0 Å². The number of rotatable bonds is 6. The van der Waals surface area contributed by atoms with Crippen molar-refractivity contribution in [3.63, 3.8) is 0 Å². The molecular weight excluding hydrogens is 438 g/mol. The number of hydrogen-bond acceptors (Lipinski definition) is 6. The van der Waals surface area contributed by atoms with Crippen LogP contribution in [0.3, 0.4) is 0 Å². The second-order valence-corrected chi connectivity index (χ2v) is 9.28. The molecule has 3 rings (SSSR count). The summed E-state index contributed by atoms with van der Waals surface area (Å²) < 4.78 is 38.5. The van der Waals surface area contributed by atoms with Gasteiger partial charge in [0.25, 0.3) is 0 Å². The molecule has 0 saturated heterocycles. The highest BCUT2D eigenvalue weighted by molar-refractivity contribution is 7.95. The predicted octanol–water partition coefficient (Wildman–Crippen LogP) is 4.58. The lowest BCUT2D eigenvalue weighted by molar-refractivity contribution is -0.136. The smallest absolute Gasteiger partial charge is 0.336 e. The number of carbonyl (C=O) groups excluding carboxylic acids is 1. The Balaban J connectivity index is 2.32. The van der Waals surface area contributed by atoms with Gasteiger partial charge in [0, 0.05) is 16.4 Å². The highest BCUT2D eigenvalue weighted by Crippen LogP contribution is 2.46. The van der Waals surface area contributed by atoms with Crippen LogP contribution in [0.25, 0.3) is 0 Å². The number of nitrogens with one attached hydrogen (secondary N) is 1. The van der Waals surface area contributed by atoms with E-state index >= 15 is 0 Å². The van der Waals surface area contributed by atoms with Gasteiger partial charge in [-0.25, -0.2) is 13.2 Å². The number of allylic oxidation sites excluding steroid dienone is 3. The number of methoxy groups -OCH3 is 1. The molecular formula is C23H24ClNO5S. The van der Waals surface area contributed by atoms with Gasteiger partial charge in [0.15, 0.2) is 0 Å². The van der Waals surface area contributed by atoms with Gasteiger partial charge in [-0.1, -0.05) is 41.9 Å². The van der Waals surface area contributed by atoms with Gasteiger partial charge < -0.3 is 14.8 Å². The fourth-order valence-corrected chi connectivity index (χ4v) is 5.92. The fourth-order valence-electron chi connectivity index (χ4n) is 3.78. The topological polar surface area (TPSA) is 81.7 Å². The van der Waals surface area contributed by atoms with Crippen LogP contribution in [0.4, 0.5) is 0 Å². The zero-order valence-corrected chi connectivity index (χ0v) is 19.3. The first-order valence-electron chi connectivity index (χ1n) is 9.72. The third kappa shape index (κ3) is 4.20. The molecule has 1 aliphatic rings. The first kappa shape index (κ1) is 22.9. The normalized spacial score (nSPS) is 16.7. The first-order chi connectivity index (χ1) is 14.7. The standard InChI is InChI=1S/C23H24ClNO5S/c1-5-30-18-12-8-9-13-19(18)31(27,28)22-15(3)25-14(2)20(23(26)29-4)21(22)16-10-6-7-11-17(16)24/h6-13,21,25H,5H2,1-4H3. The lowest BCUT2D eigenvalue weighted by Gasteiger charge is -2.31. The Bertz CT molecular complexity index is 1180. The van der Waals surface area contributed by atoms with E-state index in [2.05, 4.69) is 5.32 Å². The van der Waals surface area contributed by atoms with Crippen LogP contribution < -0.4 is 10.1 Å². The van der Waals surface area contributed by atoms with Crippen molar-refractivity contribution in [2.45, 2.75) is 31.6 Å². The Morgan fingerprint density at radius 1 is 1.06 bits per heavy atom. The van der Waals surface area contributed by atoms with E-state index in [9.17, 15) is 13.2 Å². The van der Waals surface area contributed by atoms with Crippen molar-refractivity contribution in [3.8, 4) is 5.75 Å². The molecule has 1 aliphatic heterocycles. The van der Waals surface area contributed by atoms with Crippen LogP contribution in [0, 0.1) is 0 Å². The van der Waals surface area contributed by atoms with E-state index < -0.39 is 21.7 Å².